The minimum atomic E-state index is -0.717. The molecular weight excluding hydrogens is 413 g/mol. The highest BCUT2D eigenvalue weighted by atomic mass is 35.5. The Kier molecular flexibility index (Phi) is 6.06. The number of amides is 2. The van der Waals surface area contributed by atoms with Crippen molar-refractivity contribution in [3.05, 3.63) is 53.3 Å². The van der Waals surface area contributed by atoms with Crippen LogP contribution in [0.2, 0.25) is 5.02 Å². The number of morpholine rings is 1. The molecule has 1 atom stereocenters. The standard InChI is InChI=1S/C21H21ClFN3O4/c22-15-11-14(5-6-16(15)23)24-20(27)13-26-12-19(21(28)25-7-9-29-10-8-25)30-18-4-2-1-3-17(18)26/h1-6,11,19H,7-10,12-13H2,(H,24,27)/t19-/m1/s1. The molecule has 0 aliphatic carbocycles. The van der Waals surface area contributed by atoms with Gasteiger partial charge in [-0.25, -0.2) is 4.39 Å². The summed E-state index contributed by atoms with van der Waals surface area (Å²) in [5, 5.41) is 2.64. The number of anilines is 2. The summed E-state index contributed by atoms with van der Waals surface area (Å²) in [7, 11) is 0. The Morgan fingerprint density at radius 3 is 2.70 bits per heavy atom. The monoisotopic (exact) mass is 433 g/mol. The van der Waals surface area contributed by atoms with Crippen molar-refractivity contribution < 1.29 is 23.5 Å². The van der Waals surface area contributed by atoms with Gasteiger partial charge >= 0.3 is 0 Å². The van der Waals surface area contributed by atoms with Gasteiger partial charge in [-0.3, -0.25) is 9.59 Å². The SMILES string of the molecule is O=C(CN1C[C@H](C(=O)N2CCOCC2)Oc2ccccc21)Nc1ccc(F)c(Cl)c1. The van der Waals surface area contributed by atoms with E-state index in [0.717, 1.165) is 5.69 Å². The van der Waals surface area contributed by atoms with Gasteiger partial charge < -0.3 is 24.6 Å². The molecule has 2 aromatic rings. The largest absolute Gasteiger partial charge is 0.477 e. The van der Waals surface area contributed by atoms with Crippen molar-refractivity contribution in [1.29, 1.82) is 0 Å². The molecule has 4 rings (SSSR count). The minimum absolute atomic E-state index is 0.00224. The van der Waals surface area contributed by atoms with E-state index in [1.165, 1.54) is 18.2 Å². The first-order valence-electron chi connectivity index (χ1n) is 9.63. The van der Waals surface area contributed by atoms with E-state index in [1.54, 1.807) is 11.0 Å². The van der Waals surface area contributed by atoms with Gasteiger partial charge in [0.25, 0.3) is 5.91 Å². The van der Waals surface area contributed by atoms with Crippen LogP contribution in [0.25, 0.3) is 0 Å². The summed E-state index contributed by atoms with van der Waals surface area (Å²) >= 11 is 5.78. The van der Waals surface area contributed by atoms with Crippen LogP contribution in [0.15, 0.2) is 42.5 Å². The first kappa shape index (κ1) is 20.4. The van der Waals surface area contributed by atoms with E-state index in [0.29, 0.717) is 37.7 Å². The second-order valence-electron chi connectivity index (χ2n) is 7.07. The quantitative estimate of drug-likeness (QED) is 0.802. The van der Waals surface area contributed by atoms with Gasteiger partial charge in [-0.15, -0.1) is 0 Å². The van der Waals surface area contributed by atoms with Crippen LogP contribution in [0.5, 0.6) is 5.75 Å². The molecule has 9 heteroatoms. The molecule has 158 valence electrons. The molecule has 1 saturated heterocycles. The predicted octanol–water partition coefficient (Wildman–Crippen LogP) is 2.54. The molecule has 2 aromatic carbocycles. The number of nitrogens with zero attached hydrogens (tertiary/aromatic N) is 2. The van der Waals surface area contributed by atoms with Crippen molar-refractivity contribution in [3.63, 3.8) is 0 Å². The smallest absolute Gasteiger partial charge is 0.265 e. The Bertz CT molecular complexity index is 952. The van der Waals surface area contributed by atoms with Crippen molar-refractivity contribution in [2.24, 2.45) is 0 Å². The first-order valence-corrected chi connectivity index (χ1v) is 10.0. The molecule has 7 nitrogen and oxygen atoms in total. The molecule has 1 fully saturated rings. The molecule has 2 aliphatic rings. The maximum atomic E-state index is 13.3. The van der Waals surface area contributed by atoms with Crippen molar-refractivity contribution in [3.8, 4) is 5.75 Å². The van der Waals surface area contributed by atoms with E-state index in [4.69, 9.17) is 21.1 Å². The summed E-state index contributed by atoms with van der Waals surface area (Å²) in [5.74, 6) is -0.440. The van der Waals surface area contributed by atoms with Crippen LogP contribution in [0.3, 0.4) is 0 Å². The van der Waals surface area contributed by atoms with Crippen LogP contribution >= 0.6 is 11.6 Å². The Balaban J connectivity index is 1.48. The van der Waals surface area contributed by atoms with Gasteiger partial charge in [0.05, 0.1) is 37.0 Å². The van der Waals surface area contributed by atoms with Crippen LogP contribution in [0.4, 0.5) is 15.8 Å². The second-order valence-corrected chi connectivity index (χ2v) is 7.48. The normalized spacial score (nSPS) is 18.4. The number of nitrogens with one attached hydrogen (secondary N) is 1. The van der Waals surface area contributed by atoms with Gasteiger partial charge in [-0.1, -0.05) is 23.7 Å². The molecule has 2 aliphatic heterocycles. The first-order chi connectivity index (χ1) is 14.5. The Morgan fingerprint density at radius 1 is 1.17 bits per heavy atom. The van der Waals surface area contributed by atoms with Crippen LogP contribution in [-0.4, -0.2) is 62.2 Å². The molecule has 0 unspecified atom stereocenters. The van der Waals surface area contributed by atoms with Crippen LogP contribution in [-0.2, 0) is 14.3 Å². The summed E-state index contributed by atoms with van der Waals surface area (Å²) in [6.07, 6.45) is -0.717. The molecule has 2 amide bonds. The fraction of sp³-hybridized carbons (Fsp3) is 0.333. The number of para-hydroxylation sites is 2. The lowest BCUT2D eigenvalue weighted by Crippen LogP contribution is -2.53. The third-order valence-electron chi connectivity index (χ3n) is 5.00. The van der Waals surface area contributed by atoms with Gasteiger partial charge in [-0.05, 0) is 30.3 Å². The number of fused-ring (bicyclic) bond motifs is 1. The minimum Gasteiger partial charge on any atom is -0.477 e. The highest BCUT2D eigenvalue weighted by Crippen LogP contribution is 2.33. The molecular formula is C21H21ClFN3O4. The van der Waals surface area contributed by atoms with E-state index < -0.39 is 11.9 Å². The zero-order valence-electron chi connectivity index (χ0n) is 16.1. The summed E-state index contributed by atoms with van der Waals surface area (Å²) in [4.78, 5) is 29.1. The average molecular weight is 434 g/mol. The molecule has 2 heterocycles. The van der Waals surface area contributed by atoms with Gasteiger partial charge in [-0.2, -0.15) is 0 Å². The fourth-order valence-electron chi connectivity index (χ4n) is 3.52. The van der Waals surface area contributed by atoms with Crippen molar-refractivity contribution in [2.75, 3.05) is 49.6 Å². The molecule has 1 N–H and O–H groups in total. The number of hydrogen-bond donors (Lipinski definition) is 1. The highest BCUT2D eigenvalue weighted by molar-refractivity contribution is 6.31. The number of hydrogen-bond acceptors (Lipinski definition) is 5. The summed E-state index contributed by atoms with van der Waals surface area (Å²) in [6.45, 7) is 2.29. The lowest BCUT2D eigenvalue weighted by atomic mass is 10.1. The highest BCUT2D eigenvalue weighted by Gasteiger charge is 2.34. The van der Waals surface area contributed by atoms with Gasteiger partial charge in [0.2, 0.25) is 5.91 Å². The lowest BCUT2D eigenvalue weighted by molar-refractivity contribution is -0.142. The van der Waals surface area contributed by atoms with Gasteiger partial charge in [0.1, 0.15) is 11.6 Å². The van der Waals surface area contributed by atoms with E-state index in [2.05, 4.69) is 5.32 Å². The zero-order chi connectivity index (χ0) is 21.1. The molecule has 0 saturated carbocycles. The summed E-state index contributed by atoms with van der Waals surface area (Å²) in [6, 6.07) is 11.3. The number of carbonyl (C=O) groups is 2. The summed E-state index contributed by atoms with van der Waals surface area (Å²) in [5.41, 5.74) is 1.13. The van der Waals surface area contributed by atoms with Gasteiger partial charge in [0.15, 0.2) is 6.10 Å². The number of ether oxygens (including phenoxy) is 2. The Hall–Kier alpha value is -2.84. The third kappa shape index (κ3) is 4.49. The summed E-state index contributed by atoms with van der Waals surface area (Å²) < 4.78 is 24.6. The molecule has 0 radical (unpaired) electrons. The average Bonchev–Trinajstić information content (AvgIpc) is 2.76. The topological polar surface area (TPSA) is 71.1 Å². The predicted molar refractivity (Wildman–Crippen MR) is 111 cm³/mol. The third-order valence-corrected chi connectivity index (χ3v) is 5.29. The van der Waals surface area contributed by atoms with Crippen LogP contribution in [0.1, 0.15) is 0 Å². The molecule has 0 aromatic heterocycles. The zero-order valence-corrected chi connectivity index (χ0v) is 16.9. The van der Waals surface area contributed by atoms with Crippen molar-refractivity contribution in [1.82, 2.24) is 4.90 Å². The Morgan fingerprint density at radius 2 is 1.93 bits per heavy atom. The molecule has 30 heavy (non-hydrogen) atoms. The number of benzene rings is 2. The van der Waals surface area contributed by atoms with Gasteiger partial charge in [0, 0.05) is 18.8 Å². The number of rotatable bonds is 4. The van der Waals surface area contributed by atoms with Crippen molar-refractivity contribution in [2.45, 2.75) is 6.10 Å². The van der Waals surface area contributed by atoms with E-state index in [9.17, 15) is 14.0 Å². The fourth-order valence-corrected chi connectivity index (χ4v) is 3.70. The maximum Gasteiger partial charge on any atom is 0.265 e. The number of halogens is 2. The maximum absolute atomic E-state index is 13.3. The second kappa shape index (κ2) is 8.89. The number of carbonyl (C=O) groups excluding carboxylic acids is 2. The van der Waals surface area contributed by atoms with Crippen molar-refractivity contribution >= 4 is 34.8 Å². The molecule has 0 bridgehead atoms. The van der Waals surface area contributed by atoms with E-state index >= 15 is 0 Å². The lowest BCUT2D eigenvalue weighted by Gasteiger charge is -2.38. The molecule has 0 spiro atoms. The van der Waals surface area contributed by atoms with E-state index in [-0.39, 0.29) is 29.9 Å². The van der Waals surface area contributed by atoms with Crippen LogP contribution < -0.4 is 15.0 Å². The Labute approximate surface area is 178 Å². The van der Waals surface area contributed by atoms with E-state index in [1.807, 2.05) is 23.1 Å². The van der Waals surface area contributed by atoms with Crippen LogP contribution in [0, 0.1) is 5.82 Å².